The molecular formula is C16H29NO2. The molecule has 2 aliphatic rings. The molecule has 0 aromatic rings. The first kappa shape index (κ1) is 15.0. The molecule has 3 nitrogen and oxygen atoms in total. The summed E-state index contributed by atoms with van der Waals surface area (Å²) in [5, 5.41) is 10.5. The summed E-state index contributed by atoms with van der Waals surface area (Å²) in [5.74, 6) is 0. The average molecular weight is 267 g/mol. The second-order valence-electron chi connectivity index (χ2n) is 7.00. The minimum atomic E-state index is -0.496. The van der Waals surface area contributed by atoms with Gasteiger partial charge in [-0.2, -0.15) is 0 Å². The van der Waals surface area contributed by atoms with Gasteiger partial charge in [-0.1, -0.05) is 38.5 Å². The standard InChI is InChI=1S/C16H29NO2/c1-17(13-16(19)10-6-7-11-16)12-15(14-18)8-4-2-3-5-9-15/h14,19H,2-13H2,1H3. The van der Waals surface area contributed by atoms with Gasteiger partial charge in [-0.05, 0) is 32.7 Å². The summed E-state index contributed by atoms with van der Waals surface area (Å²) in [6, 6.07) is 0. The van der Waals surface area contributed by atoms with E-state index in [9.17, 15) is 9.90 Å². The van der Waals surface area contributed by atoms with Crippen LogP contribution in [0.15, 0.2) is 0 Å². The van der Waals surface area contributed by atoms with Crippen molar-refractivity contribution in [1.29, 1.82) is 0 Å². The van der Waals surface area contributed by atoms with Gasteiger partial charge in [0, 0.05) is 18.5 Å². The van der Waals surface area contributed by atoms with E-state index in [0.717, 1.165) is 51.6 Å². The predicted molar refractivity (Wildman–Crippen MR) is 77.1 cm³/mol. The van der Waals surface area contributed by atoms with E-state index in [-0.39, 0.29) is 5.41 Å². The molecule has 0 spiro atoms. The number of rotatable bonds is 5. The predicted octanol–water partition coefficient (Wildman–Crippen LogP) is 2.76. The first-order chi connectivity index (χ1) is 9.08. The lowest BCUT2D eigenvalue weighted by Gasteiger charge is -2.35. The Kier molecular flexibility index (Phi) is 5.02. The highest BCUT2D eigenvalue weighted by Gasteiger charge is 2.36. The molecule has 0 amide bonds. The molecule has 0 unspecified atom stereocenters. The lowest BCUT2D eigenvalue weighted by atomic mass is 9.81. The van der Waals surface area contributed by atoms with Gasteiger partial charge < -0.3 is 14.8 Å². The summed E-state index contributed by atoms with van der Waals surface area (Å²) in [5.41, 5.74) is -0.649. The third kappa shape index (κ3) is 4.03. The summed E-state index contributed by atoms with van der Waals surface area (Å²) in [6.45, 7) is 1.54. The van der Waals surface area contributed by atoms with Crippen molar-refractivity contribution in [3.8, 4) is 0 Å². The molecular weight excluding hydrogens is 238 g/mol. The van der Waals surface area contributed by atoms with Crippen LogP contribution >= 0.6 is 0 Å². The highest BCUT2D eigenvalue weighted by Crippen LogP contribution is 2.35. The zero-order valence-corrected chi connectivity index (χ0v) is 12.4. The van der Waals surface area contributed by atoms with E-state index >= 15 is 0 Å². The van der Waals surface area contributed by atoms with E-state index in [1.807, 2.05) is 0 Å². The Morgan fingerprint density at radius 1 is 0.947 bits per heavy atom. The van der Waals surface area contributed by atoms with Crippen molar-refractivity contribution in [3.05, 3.63) is 0 Å². The molecule has 0 heterocycles. The van der Waals surface area contributed by atoms with Crippen molar-refractivity contribution in [3.63, 3.8) is 0 Å². The smallest absolute Gasteiger partial charge is 0.127 e. The van der Waals surface area contributed by atoms with Gasteiger partial charge in [0.25, 0.3) is 0 Å². The van der Waals surface area contributed by atoms with Crippen LogP contribution in [-0.2, 0) is 4.79 Å². The Morgan fingerprint density at radius 2 is 1.47 bits per heavy atom. The number of carbonyl (C=O) groups is 1. The minimum Gasteiger partial charge on any atom is -0.389 e. The van der Waals surface area contributed by atoms with Gasteiger partial charge in [-0.15, -0.1) is 0 Å². The van der Waals surface area contributed by atoms with Gasteiger partial charge in [0.15, 0.2) is 0 Å². The second-order valence-corrected chi connectivity index (χ2v) is 7.00. The second kappa shape index (κ2) is 6.36. The quantitative estimate of drug-likeness (QED) is 0.615. The van der Waals surface area contributed by atoms with Gasteiger partial charge in [0.2, 0.25) is 0 Å². The number of nitrogens with zero attached hydrogens (tertiary/aromatic N) is 1. The normalized spacial score (nSPS) is 26.3. The molecule has 0 radical (unpaired) electrons. The lowest BCUT2D eigenvalue weighted by Crippen LogP contribution is -2.44. The molecule has 1 N–H and O–H groups in total. The summed E-state index contributed by atoms with van der Waals surface area (Å²) in [4.78, 5) is 13.8. The van der Waals surface area contributed by atoms with Crippen molar-refractivity contribution in [1.82, 2.24) is 4.90 Å². The Bertz CT molecular complexity index is 289. The SMILES string of the molecule is CN(CC1(O)CCCC1)CC1(C=O)CCCCCC1. The van der Waals surface area contributed by atoms with Crippen LogP contribution in [0.2, 0.25) is 0 Å². The van der Waals surface area contributed by atoms with E-state index < -0.39 is 5.60 Å². The highest BCUT2D eigenvalue weighted by molar-refractivity contribution is 5.59. The third-order valence-electron chi connectivity index (χ3n) is 5.03. The molecule has 0 aromatic heterocycles. The molecule has 0 bridgehead atoms. The van der Waals surface area contributed by atoms with Crippen LogP contribution in [0, 0.1) is 5.41 Å². The maximum absolute atomic E-state index is 11.6. The monoisotopic (exact) mass is 267 g/mol. The lowest BCUT2D eigenvalue weighted by molar-refractivity contribution is -0.118. The van der Waals surface area contributed by atoms with Crippen LogP contribution in [0.25, 0.3) is 0 Å². The summed E-state index contributed by atoms with van der Waals surface area (Å²) >= 11 is 0. The number of aliphatic hydroxyl groups is 1. The highest BCUT2D eigenvalue weighted by atomic mass is 16.3. The summed E-state index contributed by atoms with van der Waals surface area (Å²) in [7, 11) is 2.06. The molecule has 0 saturated heterocycles. The molecule has 2 aliphatic carbocycles. The first-order valence-electron chi connectivity index (χ1n) is 7.95. The number of likely N-dealkylation sites (N-methyl/N-ethyl adjacent to an activating group) is 1. The number of carbonyl (C=O) groups excluding carboxylic acids is 1. The summed E-state index contributed by atoms with van der Waals surface area (Å²) in [6.07, 6.45) is 12.3. The van der Waals surface area contributed by atoms with Crippen LogP contribution in [0.3, 0.4) is 0 Å². The van der Waals surface area contributed by atoms with E-state index in [1.54, 1.807) is 0 Å². The minimum absolute atomic E-state index is 0.153. The molecule has 3 heteroatoms. The van der Waals surface area contributed by atoms with Crippen molar-refractivity contribution < 1.29 is 9.90 Å². The van der Waals surface area contributed by atoms with E-state index in [4.69, 9.17) is 0 Å². The Labute approximate surface area is 117 Å². The molecule has 19 heavy (non-hydrogen) atoms. The molecule has 0 aromatic carbocycles. The van der Waals surface area contributed by atoms with Crippen LogP contribution in [-0.4, -0.2) is 42.0 Å². The molecule has 2 fully saturated rings. The fourth-order valence-corrected chi connectivity index (χ4v) is 4.03. The fourth-order valence-electron chi connectivity index (χ4n) is 4.03. The van der Waals surface area contributed by atoms with Crippen molar-refractivity contribution in [2.24, 2.45) is 5.41 Å². The Balaban J connectivity index is 1.91. The fraction of sp³-hybridized carbons (Fsp3) is 0.938. The average Bonchev–Trinajstić information content (AvgIpc) is 2.65. The van der Waals surface area contributed by atoms with Crippen LogP contribution in [0.1, 0.15) is 64.2 Å². The van der Waals surface area contributed by atoms with Gasteiger partial charge in [-0.3, -0.25) is 0 Å². The van der Waals surface area contributed by atoms with Crippen molar-refractivity contribution in [2.45, 2.75) is 69.8 Å². The first-order valence-corrected chi connectivity index (χ1v) is 7.95. The maximum atomic E-state index is 11.6. The van der Waals surface area contributed by atoms with Gasteiger partial charge in [0.05, 0.1) is 5.60 Å². The van der Waals surface area contributed by atoms with Crippen LogP contribution in [0.5, 0.6) is 0 Å². The zero-order valence-electron chi connectivity index (χ0n) is 12.4. The third-order valence-corrected chi connectivity index (χ3v) is 5.03. The maximum Gasteiger partial charge on any atom is 0.127 e. The van der Waals surface area contributed by atoms with E-state index in [1.165, 1.54) is 32.0 Å². The Hall–Kier alpha value is -0.410. The Morgan fingerprint density at radius 3 is 2.00 bits per heavy atom. The van der Waals surface area contributed by atoms with Gasteiger partial charge >= 0.3 is 0 Å². The van der Waals surface area contributed by atoms with Crippen LogP contribution < -0.4 is 0 Å². The van der Waals surface area contributed by atoms with E-state index in [0.29, 0.717) is 0 Å². The van der Waals surface area contributed by atoms with Crippen molar-refractivity contribution >= 4 is 6.29 Å². The number of aldehydes is 1. The summed E-state index contributed by atoms with van der Waals surface area (Å²) < 4.78 is 0. The van der Waals surface area contributed by atoms with Gasteiger partial charge in [-0.25, -0.2) is 0 Å². The number of hydrogen-bond donors (Lipinski definition) is 1. The van der Waals surface area contributed by atoms with E-state index in [2.05, 4.69) is 11.9 Å². The molecule has 0 aliphatic heterocycles. The molecule has 110 valence electrons. The van der Waals surface area contributed by atoms with Gasteiger partial charge in [0.1, 0.15) is 6.29 Å². The molecule has 2 saturated carbocycles. The zero-order chi connectivity index (χ0) is 13.8. The van der Waals surface area contributed by atoms with Crippen LogP contribution in [0.4, 0.5) is 0 Å². The molecule has 2 rings (SSSR count). The largest absolute Gasteiger partial charge is 0.389 e. The molecule has 0 atom stereocenters. The number of hydrogen-bond acceptors (Lipinski definition) is 3. The van der Waals surface area contributed by atoms with Crippen molar-refractivity contribution in [2.75, 3.05) is 20.1 Å². The topological polar surface area (TPSA) is 40.5 Å².